The smallest absolute Gasteiger partial charge is 0.387 e. The number of β-amino-alcohol motifs (C(OH)–C–C–N with tert-alkyl or cyclic N) is 1. The minimum Gasteiger partial charge on any atom is -0.387 e. The van der Waals surface area contributed by atoms with E-state index in [1.54, 1.807) is 24.3 Å². The molecule has 0 amide bonds. The third kappa shape index (κ3) is 5.76. The number of aliphatic hydroxyl groups excluding tert-OH is 1. The van der Waals surface area contributed by atoms with Crippen molar-refractivity contribution in [1.29, 1.82) is 0 Å². The summed E-state index contributed by atoms with van der Waals surface area (Å²) in [5, 5.41) is 10.8. The summed E-state index contributed by atoms with van der Waals surface area (Å²) in [4.78, 5) is 3.43. The molecule has 1 atom stereocenters. The van der Waals surface area contributed by atoms with E-state index in [2.05, 4.69) is 0 Å². The topological polar surface area (TPSA) is 26.7 Å². The van der Waals surface area contributed by atoms with E-state index >= 15 is 0 Å². The molecule has 2 rings (SSSR count). The third-order valence-electron chi connectivity index (χ3n) is 3.77. The lowest BCUT2D eigenvalue weighted by atomic mass is 10.1. The van der Waals surface area contributed by atoms with Crippen molar-refractivity contribution < 1.29 is 18.3 Å². The molecule has 1 heterocycles. The first-order valence-corrected chi connectivity index (χ1v) is 7.66. The van der Waals surface area contributed by atoms with Gasteiger partial charge >= 0.3 is 6.18 Å². The fraction of sp³-hybridized carbons (Fsp3) is 0.600. The lowest BCUT2D eigenvalue weighted by Crippen LogP contribution is -2.37. The van der Waals surface area contributed by atoms with Gasteiger partial charge in [-0.1, -0.05) is 23.7 Å². The molecule has 0 radical (unpaired) electrons. The molecular formula is C15H20ClF3N2O. The second-order valence-corrected chi connectivity index (χ2v) is 6.05. The molecule has 0 spiro atoms. The number of hydrogen-bond acceptors (Lipinski definition) is 3. The molecule has 1 fully saturated rings. The molecular weight excluding hydrogens is 317 g/mol. The first kappa shape index (κ1) is 17.5. The summed E-state index contributed by atoms with van der Waals surface area (Å²) in [5.74, 6) is 0. The van der Waals surface area contributed by atoms with Gasteiger partial charge in [-0.25, -0.2) is 0 Å². The van der Waals surface area contributed by atoms with Gasteiger partial charge in [-0.05, 0) is 37.2 Å². The van der Waals surface area contributed by atoms with Crippen molar-refractivity contribution >= 4 is 11.6 Å². The van der Waals surface area contributed by atoms with Gasteiger partial charge in [0.25, 0.3) is 0 Å². The van der Waals surface area contributed by atoms with Gasteiger partial charge in [-0.3, -0.25) is 9.80 Å². The molecule has 3 nitrogen and oxygen atoms in total. The van der Waals surface area contributed by atoms with Gasteiger partial charge in [0.05, 0.1) is 12.6 Å². The molecule has 0 saturated carbocycles. The standard InChI is InChI=1S/C15H20ClF3N2O/c16-13-4-2-12(3-5-13)14(22)10-20-6-1-7-21(9-8-20)11-15(17,18)19/h2-5,14,22H,1,6-11H2. The number of alkyl halides is 3. The monoisotopic (exact) mass is 336 g/mol. The zero-order valence-electron chi connectivity index (χ0n) is 12.2. The number of benzene rings is 1. The number of nitrogens with zero attached hydrogens (tertiary/aromatic N) is 2. The van der Waals surface area contributed by atoms with Crippen molar-refractivity contribution in [2.75, 3.05) is 39.3 Å². The van der Waals surface area contributed by atoms with Gasteiger partial charge in [0, 0.05) is 24.7 Å². The van der Waals surface area contributed by atoms with Crippen LogP contribution in [0.1, 0.15) is 18.1 Å². The number of hydrogen-bond donors (Lipinski definition) is 1. The van der Waals surface area contributed by atoms with Crippen molar-refractivity contribution in [3.05, 3.63) is 34.9 Å². The Labute approximate surface area is 133 Å². The van der Waals surface area contributed by atoms with Crippen LogP contribution in [0.15, 0.2) is 24.3 Å². The van der Waals surface area contributed by atoms with E-state index in [-0.39, 0.29) is 0 Å². The highest BCUT2D eigenvalue weighted by molar-refractivity contribution is 6.30. The van der Waals surface area contributed by atoms with Crippen molar-refractivity contribution in [3.8, 4) is 0 Å². The van der Waals surface area contributed by atoms with E-state index in [1.807, 2.05) is 4.90 Å². The highest BCUT2D eigenvalue weighted by atomic mass is 35.5. The Kier molecular flexibility index (Phi) is 6.09. The quantitative estimate of drug-likeness (QED) is 0.916. The van der Waals surface area contributed by atoms with Crippen LogP contribution >= 0.6 is 11.6 Å². The van der Waals surface area contributed by atoms with E-state index in [9.17, 15) is 18.3 Å². The van der Waals surface area contributed by atoms with Crippen molar-refractivity contribution in [1.82, 2.24) is 9.80 Å². The summed E-state index contributed by atoms with van der Waals surface area (Å²) < 4.78 is 37.3. The minimum atomic E-state index is -4.15. The lowest BCUT2D eigenvalue weighted by Gasteiger charge is -2.24. The average Bonchev–Trinajstić information content (AvgIpc) is 2.63. The Morgan fingerprint density at radius 2 is 1.64 bits per heavy atom. The molecule has 1 aliphatic rings. The molecule has 1 N–H and O–H groups in total. The zero-order chi connectivity index (χ0) is 16.2. The van der Waals surface area contributed by atoms with Gasteiger partial charge in [0.1, 0.15) is 0 Å². The molecule has 1 unspecified atom stereocenters. The van der Waals surface area contributed by atoms with Gasteiger partial charge in [-0.15, -0.1) is 0 Å². The second kappa shape index (κ2) is 7.64. The van der Waals surface area contributed by atoms with E-state index in [0.29, 0.717) is 44.2 Å². The van der Waals surface area contributed by atoms with Crippen LogP contribution in [-0.2, 0) is 0 Å². The average molecular weight is 337 g/mol. The lowest BCUT2D eigenvalue weighted by molar-refractivity contribution is -0.145. The maximum absolute atomic E-state index is 12.4. The molecule has 124 valence electrons. The molecule has 1 aliphatic heterocycles. The van der Waals surface area contributed by atoms with Crippen LogP contribution in [0, 0.1) is 0 Å². The van der Waals surface area contributed by atoms with Crippen LogP contribution in [0.5, 0.6) is 0 Å². The van der Waals surface area contributed by atoms with Crippen molar-refractivity contribution in [3.63, 3.8) is 0 Å². The maximum atomic E-state index is 12.4. The predicted octanol–water partition coefficient (Wildman–Crippen LogP) is 2.94. The summed E-state index contributed by atoms with van der Waals surface area (Å²) in [5.41, 5.74) is 0.765. The summed E-state index contributed by atoms with van der Waals surface area (Å²) in [6.45, 7) is 1.59. The maximum Gasteiger partial charge on any atom is 0.401 e. The summed E-state index contributed by atoms with van der Waals surface area (Å²) in [6.07, 6.45) is -4.15. The van der Waals surface area contributed by atoms with Gasteiger partial charge in [-0.2, -0.15) is 13.2 Å². The van der Waals surface area contributed by atoms with E-state index in [0.717, 1.165) is 5.56 Å². The number of aliphatic hydroxyl groups is 1. The number of halogens is 4. The summed E-state index contributed by atoms with van der Waals surface area (Å²) >= 11 is 5.81. The van der Waals surface area contributed by atoms with Crippen LogP contribution < -0.4 is 0 Å². The second-order valence-electron chi connectivity index (χ2n) is 5.61. The molecule has 7 heteroatoms. The highest BCUT2D eigenvalue weighted by Crippen LogP contribution is 2.20. The molecule has 0 bridgehead atoms. The molecule has 1 aromatic carbocycles. The summed E-state index contributed by atoms with van der Waals surface area (Å²) in [7, 11) is 0. The molecule has 0 aromatic heterocycles. The van der Waals surface area contributed by atoms with Gasteiger partial charge < -0.3 is 5.11 Å². The molecule has 22 heavy (non-hydrogen) atoms. The molecule has 1 aromatic rings. The van der Waals surface area contributed by atoms with Crippen LogP contribution in [0.25, 0.3) is 0 Å². The molecule has 0 aliphatic carbocycles. The van der Waals surface area contributed by atoms with Gasteiger partial charge in [0.15, 0.2) is 0 Å². The van der Waals surface area contributed by atoms with Crippen molar-refractivity contribution in [2.24, 2.45) is 0 Å². The van der Waals surface area contributed by atoms with Gasteiger partial charge in [0.2, 0.25) is 0 Å². The SMILES string of the molecule is OC(CN1CCCN(CC(F)(F)F)CC1)c1ccc(Cl)cc1. The Morgan fingerprint density at radius 1 is 1.05 bits per heavy atom. The number of rotatable bonds is 4. The summed E-state index contributed by atoms with van der Waals surface area (Å²) in [6, 6.07) is 6.96. The highest BCUT2D eigenvalue weighted by Gasteiger charge is 2.31. The zero-order valence-corrected chi connectivity index (χ0v) is 12.9. The Bertz CT molecular complexity index is 467. The van der Waals surface area contributed by atoms with E-state index in [4.69, 9.17) is 11.6 Å². The third-order valence-corrected chi connectivity index (χ3v) is 4.02. The van der Waals surface area contributed by atoms with E-state index in [1.165, 1.54) is 4.90 Å². The largest absolute Gasteiger partial charge is 0.401 e. The first-order valence-electron chi connectivity index (χ1n) is 7.28. The Morgan fingerprint density at radius 3 is 2.27 bits per heavy atom. The predicted molar refractivity (Wildman–Crippen MR) is 80.0 cm³/mol. The van der Waals surface area contributed by atoms with Crippen LogP contribution in [-0.4, -0.2) is 60.4 Å². The van der Waals surface area contributed by atoms with Crippen LogP contribution in [0.2, 0.25) is 5.02 Å². The van der Waals surface area contributed by atoms with Crippen LogP contribution in [0.4, 0.5) is 13.2 Å². The fourth-order valence-electron chi connectivity index (χ4n) is 2.65. The minimum absolute atomic E-state index is 0.368. The van der Waals surface area contributed by atoms with Crippen LogP contribution in [0.3, 0.4) is 0 Å². The normalized spacial score (nSPS) is 19.9. The van der Waals surface area contributed by atoms with Crippen molar-refractivity contribution in [2.45, 2.75) is 18.7 Å². The molecule has 1 saturated heterocycles. The first-order chi connectivity index (χ1) is 10.3. The van der Waals surface area contributed by atoms with E-state index < -0.39 is 18.8 Å². The Balaban J connectivity index is 1.85. The fourth-order valence-corrected chi connectivity index (χ4v) is 2.78. The Hall–Kier alpha value is -0.820.